The van der Waals surface area contributed by atoms with Gasteiger partial charge in [-0.2, -0.15) is 11.8 Å². The van der Waals surface area contributed by atoms with E-state index in [2.05, 4.69) is 16.6 Å². The molecule has 6 heteroatoms. The van der Waals surface area contributed by atoms with Crippen LogP contribution in [0.2, 0.25) is 0 Å². The van der Waals surface area contributed by atoms with Crippen molar-refractivity contribution in [3.8, 4) is 11.8 Å². The van der Waals surface area contributed by atoms with Crippen molar-refractivity contribution in [2.24, 2.45) is 0 Å². The minimum atomic E-state index is -3.48. The molecule has 0 aromatic heterocycles. The van der Waals surface area contributed by atoms with Crippen molar-refractivity contribution in [1.29, 1.82) is 0 Å². The zero-order chi connectivity index (χ0) is 15.7. The van der Waals surface area contributed by atoms with Crippen LogP contribution in [0.25, 0.3) is 0 Å². The number of rotatable bonds is 7. The van der Waals surface area contributed by atoms with Crippen molar-refractivity contribution < 1.29 is 13.5 Å². The van der Waals surface area contributed by atoms with Crippen LogP contribution in [0, 0.1) is 11.8 Å². The summed E-state index contributed by atoms with van der Waals surface area (Å²) >= 11 is 1.70. The van der Waals surface area contributed by atoms with Crippen molar-refractivity contribution in [2.75, 3.05) is 18.6 Å². The average Bonchev–Trinajstić information content (AvgIpc) is 2.45. The van der Waals surface area contributed by atoms with E-state index in [0.717, 1.165) is 17.7 Å². The molecule has 0 saturated carbocycles. The summed E-state index contributed by atoms with van der Waals surface area (Å²) in [5.74, 6) is 6.58. The van der Waals surface area contributed by atoms with Crippen LogP contribution < -0.4 is 4.72 Å². The molecule has 0 bridgehead atoms. The number of hydrogen-bond acceptors (Lipinski definition) is 4. The number of aliphatic hydroxyl groups excluding tert-OH is 1. The first-order valence-electron chi connectivity index (χ1n) is 6.70. The van der Waals surface area contributed by atoms with Crippen molar-refractivity contribution >= 4 is 21.8 Å². The molecule has 4 nitrogen and oxygen atoms in total. The van der Waals surface area contributed by atoms with Crippen LogP contribution >= 0.6 is 11.8 Å². The average molecular weight is 327 g/mol. The first kappa shape index (κ1) is 18.1. The van der Waals surface area contributed by atoms with Crippen LogP contribution in [0.15, 0.2) is 29.2 Å². The smallest absolute Gasteiger partial charge is 0.240 e. The number of nitrogens with one attached hydrogen (secondary N) is 1. The molecule has 116 valence electrons. The summed E-state index contributed by atoms with van der Waals surface area (Å²) in [7, 11) is -3.48. The third-order valence-corrected chi connectivity index (χ3v) is 4.99. The van der Waals surface area contributed by atoms with Gasteiger partial charge in [0.2, 0.25) is 10.0 Å². The normalized spacial score (nSPS) is 12.5. The van der Waals surface area contributed by atoms with Gasteiger partial charge in [-0.15, -0.1) is 0 Å². The van der Waals surface area contributed by atoms with Crippen LogP contribution in [-0.2, 0) is 10.0 Å². The van der Waals surface area contributed by atoms with Crippen LogP contribution in [-0.4, -0.2) is 38.2 Å². The predicted molar refractivity (Wildman–Crippen MR) is 87.8 cm³/mol. The van der Waals surface area contributed by atoms with E-state index < -0.39 is 10.0 Å². The Labute approximate surface area is 131 Å². The summed E-state index contributed by atoms with van der Waals surface area (Å²) in [5, 5.41) is 8.65. The summed E-state index contributed by atoms with van der Waals surface area (Å²) in [4.78, 5) is 0.242. The molecular weight excluding hydrogens is 306 g/mol. The van der Waals surface area contributed by atoms with E-state index in [-0.39, 0.29) is 17.5 Å². The van der Waals surface area contributed by atoms with Gasteiger partial charge in [-0.3, -0.25) is 0 Å². The molecular formula is C15H21NO3S2. The van der Waals surface area contributed by atoms with Gasteiger partial charge in [0.05, 0.1) is 11.5 Å². The molecule has 1 rings (SSSR count). The Bertz CT molecular complexity index is 586. The fourth-order valence-corrected chi connectivity index (χ4v) is 3.49. The number of sulfonamides is 1. The molecule has 1 aromatic rings. The summed E-state index contributed by atoms with van der Waals surface area (Å²) < 4.78 is 27.0. The molecule has 0 radical (unpaired) electrons. The molecule has 1 atom stereocenters. The number of aliphatic hydroxyl groups is 1. The fourth-order valence-electron chi connectivity index (χ4n) is 1.62. The molecule has 0 saturated heterocycles. The molecule has 0 aliphatic rings. The highest BCUT2D eigenvalue weighted by molar-refractivity contribution is 7.98. The molecule has 21 heavy (non-hydrogen) atoms. The Hall–Kier alpha value is -1.00. The highest BCUT2D eigenvalue weighted by Crippen LogP contribution is 2.12. The van der Waals surface area contributed by atoms with Crippen LogP contribution in [0.3, 0.4) is 0 Å². The Morgan fingerprint density at radius 3 is 2.57 bits per heavy atom. The number of hydrogen-bond donors (Lipinski definition) is 2. The minimum absolute atomic E-state index is 0.0251. The van der Waals surface area contributed by atoms with E-state index in [1.54, 1.807) is 36.0 Å². The van der Waals surface area contributed by atoms with E-state index in [1.165, 1.54) is 0 Å². The highest BCUT2D eigenvalue weighted by atomic mass is 32.2. The van der Waals surface area contributed by atoms with Gasteiger partial charge in [0.25, 0.3) is 0 Å². The molecule has 0 spiro atoms. The van der Waals surface area contributed by atoms with Crippen molar-refractivity contribution in [2.45, 2.75) is 30.7 Å². The van der Waals surface area contributed by atoms with Crippen LogP contribution in [0.5, 0.6) is 0 Å². The minimum Gasteiger partial charge on any atom is -0.395 e. The largest absolute Gasteiger partial charge is 0.395 e. The van der Waals surface area contributed by atoms with Gasteiger partial charge in [-0.1, -0.05) is 11.8 Å². The Kier molecular flexibility index (Phi) is 7.83. The summed E-state index contributed by atoms with van der Waals surface area (Å²) in [6, 6.07) is 6.35. The fraction of sp³-hybridized carbons (Fsp3) is 0.467. The molecule has 0 heterocycles. The summed E-state index contributed by atoms with van der Waals surface area (Å²) in [5.41, 5.74) is 0.734. The second-order valence-electron chi connectivity index (χ2n) is 4.60. The van der Waals surface area contributed by atoms with E-state index in [0.29, 0.717) is 6.42 Å². The summed E-state index contributed by atoms with van der Waals surface area (Å²) in [6.45, 7) is 1.89. The first-order chi connectivity index (χ1) is 9.99. The third-order valence-electron chi connectivity index (χ3n) is 2.75. The molecule has 1 aromatic carbocycles. The Morgan fingerprint density at radius 2 is 2.00 bits per heavy atom. The topological polar surface area (TPSA) is 66.4 Å². The lowest BCUT2D eigenvalue weighted by atomic mass is 10.2. The second kappa shape index (κ2) is 9.11. The van der Waals surface area contributed by atoms with E-state index in [4.69, 9.17) is 5.11 Å². The second-order valence-corrected chi connectivity index (χ2v) is 7.30. The highest BCUT2D eigenvalue weighted by Gasteiger charge is 2.16. The maximum absolute atomic E-state index is 12.2. The standard InChI is InChI=1S/C15H21NO3S2/c1-13(10-12-20-2)16-21(18,19)15-8-6-14(7-9-15)5-3-4-11-17/h6-9,13,16-17H,4,10-12H2,1-2H3. The molecule has 1 unspecified atom stereocenters. The van der Waals surface area contributed by atoms with Crippen molar-refractivity contribution in [3.05, 3.63) is 29.8 Å². The Balaban J connectivity index is 2.74. The molecule has 0 fully saturated rings. The third kappa shape index (κ3) is 6.53. The van der Waals surface area contributed by atoms with Crippen LogP contribution in [0.4, 0.5) is 0 Å². The quantitative estimate of drug-likeness (QED) is 0.750. The van der Waals surface area contributed by atoms with E-state index in [1.807, 2.05) is 13.2 Å². The van der Waals surface area contributed by atoms with E-state index in [9.17, 15) is 8.42 Å². The lowest BCUT2D eigenvalue weighted by molar-refractivity contribution is 0.305. The molecule has 0 amide bonds. The van der Waals surface area contributed by atoms with Gasteiger partial charge in [0, 0.05) is 18.0 Å². The van der Waals surface area contributed by atoms with Gasteiger partial charge < -0.3 is 5.11 Å². The zero-order valence-electron chi connectivity index (χ0n) is 12.3. The van der Waals surface area contributed by atoms with Gasteiger partial charge in [0.15, 0.2) is 0 Å². The number of thioether (sulfide) groups is 1. The maximum atomic E-state index is 12.2. The van der Waals surface area contributed by atoms with Gasteiger partial charge in [0.1, 0.15) is 0 Å². The molecule has 2 N–H and O–H groups in total. The lowest BCUT2D eigenvalue weighted by Crippen LogP contribution is -2.32. The first-order valence-corrected chi connectivity index (χ1v) is 9.58. The SMILES string of the molecule is CSCCC(C)NS(=O)(=O)c1ccc(C#CCCO)cc1. The zero-order valence-corrected chi connectivity index (χ0v) is 13.9. The number of benzene rings is 1. The van der Waals surface area contributed by atoms with Crippen LogP contribution in [0.1, 0.15) is 25.3 Å². The van der Waals surface area contributed by atoms with Crippen molar-refractivity contribution in [1.82, 2.24) is 4.72 Å². The monoisotopic (exact) mass is 327 g/mol. The van der Waals surface area contributed by atoms with Gasteiger partial charge in [-0.25, -0.2) is 13.1 Å². The van der Waals surface area contributed by atoms with Crippen molar-refractivity contribution in [3.63, 3.8) is 0 Å². The van der Waals surface area contributed by atoms with Gasteiger partial charge in [-0.05, 0) is 49.6 Å². The molecule has 0 aliphatic heterocycles. The van der Waals surface area contributed by atoms with E-state index >= 15 is 0 Å². The maximum Gasteiger partial charge on any atom is 0.240 e. The summed E-state index contributed by atoms with van der Waals surface area (Å²) in [6.07, 6.45) is 3.21. The molecule has 0 aliphatic carbocycles. The predicted octanol–water partition coefficient (Wildman–Crippen LogP) is 1.84. The van der Waals surface area contributed by atoms with Gasteiger partial charge >= 0.3 is 0 Å². The lowest BCUT2D eigenvalue weighted by Gasteiger charge is -2.13. The Morgan fingerprint density at radius 1 is 1.33 bits per heavy atom.